The molecule has 3 N–H and O–H groups in total. The zero-order chi connectivity index (χ0) is 11.5. The van der Waals surface area contributed by atoms with Gasteiger partial charge in [0.2, 0.25) is 0 Å². The molecule has 15 heavy (non-hydrogen) atoms. The summed E-state index contributed by atoms with van der Waals surface area (Å²) in [5.74, 6) is -0.817. The summed E-state index contributed by atoms with van der Waals surface area (Å²) in [5.41, 5.74) is 6.45. The van der Waals surface area contributed by atoms with Crippen LogP contribution in [0.2, 0.25) is 0 Å². The quantitative estimate of drug-likeness (QED) is 0.789. The lowest BCUT2D eigenvalue weighted by molar-refractivity contribution is -0.143. The maximum atomic E-state index is 11.3. The van der Waals surface area contributed by atoms with E-state index in [9.17, 15) is 9.90 Å². The molecule has 0 spiro atoms. The molecule has 0 saturated heterocycles. The van der Waals surface area contributed by atoms with Gasteiger partial charge in [-0.25, -0.2) is 0 Å². The van der Waals surface area contributed by atoms with Crippen molar-refractivity contribution in [2.24, 2.45) is 5.73 Å². The lowest BCUT2D eigenvalue weighted by Crippen LogP contribution is -2.35. The summed E-state index contributed by atoms with van der Waals surface area (Å²) in [6.45, 7) is 4.02. The molecule has 0 amide bonds. The Labute approximate surface area is 89.9 Å². The van der Waals surface area contributed by atoms with Crippen LogP contribution >= 0.6 is 0 Å². The zero-order valence-electron chi connectivity index (χ0n) is 9.16. The molecule has 0 aliphatic carbocycles. The Hall–Kier alpha value is -1.35. The average Bonchev–Trinajstić information content (AvgIpc) is 2.18. The highest BCUT2D eigenvalue weighted by Crippen LogP contribution is 2.29. The summed E-state index contributed by atoms with van der Waals surface area (Å²) in [5, 5.41) is 9.29. The van der Waals surface area contributed by atoms with Gasteiger partial charge in [-0.1, -0.05) is 24.3 Å². The molecule has 3 nitrogen and oxygen atoms in total. The van der Waals surface area contributed by atoms with Gasteiger partial charge >= 0.3 is 5.97 Å². The smallest absolute Gasteiger partial charge is 0.313 e. The fraction of sp³-hybridized carbons (Fsp3) is 0.417. The Balaban J connectivity index is 3.21. The van der Waals surface area contributed by atoms with E-state index in [4.69, 9.17) is 5.73 Å². The lowest BCUT2D eigenvalue weighted by Gasteiger charge is -2.26. The van der Waals surface area contributed by atoms with Crippen LogP contribution in [0.5, 0.6) is 0 Å². The van der Waals surface area contributed by atoms with Crippen molar-refractivity contribution >= 4 is 5.97 Å². The highest BCUT2D eigenvalue weighted by molar-refractivity contribution is 5.81. The van der Waals surface area contributed by atoms with Crippen LogP contribution in [0.4, 0.5) is 0 Å². The first kappa shape index (κ1) is 11.7. The van der Waals surface area contributed by atoms with Gasteiger partial charge in [-0.15, -0.1) is 0 Å². The van der Waals surface area contributed by atoms with Crippen LogP contribution < -0.4 is 5.73 Å². The zero-order valence-corrected chi connectivity index (χ0v) is 9.16. The highest BCUT2D eigenvalue weighted by Gasteiger charge is 2.35. The van der Waals surface area contributed by atoms with E-state index in [-0.39, 0.29) is 0 Å². The summed E-state index contributed by atoms with van der Waals surface area (Å²) in [4.78, 5) is 11.3. The Morgan fingerprint density at radius 3 is 2.53 bits per heavy atom. The maximum Gasteiger partial charge on any atom is 0.313 e. The summed E-state index contributed by atoms with van der Waals surface area (Å²) >= 11 is 0. The number of carbonyl (C=O) groups is 1. The van der Waals surface area contributed by atoms with Crippen molar-refractivity contribution in [1.82, 2.24) is 0 Å². The minimum atomic E-state index is -0.875. The number of benzene rings is 1. The van der Waals surface area contributed by atoms with Crippen LogP contribution in [-0.2, 0) is 10.2 Å². The summed E-state index contributed by atoms with van der Waals surface area (Å²) in [6.07, 6.45) is 0.452. The largest absolute Gasteiger partial charge is 0.481 e. The predicted molar refractivity (Wildman–Crippen MR) is 59.8 cm³/mol. The number of carboxylic acid groups (broad SMARTS) is 1. The van der Waals surface area contributed by atoms with Crippen LogP contribution in [0.15, 0.2) is 24.3 Å². The van der Waals surface area contributed by atoms with Gasteiger partial charge in [0.1, 0.15) is 0 Å². The second-order valence-corrected chi connectivity index (χ2v) is 3.99. The van der Waals surface area contributed by atoms with Gasteiger partial charge in [0, 0.05) is 0 Å². The maximum absolute atomic E-state index is 11.3. The second-order valence-electron chi connectivity index (χ2n) is 3.99. The van der Waals surface area contributed by atoms with Gasteiger partial charge in [-0.3, -0.25) is 4.79 Å². The first-order chi connectivity index (χ1) is 7.02. The van der Waals surface area contributed by atoms with E-state index in [1.165, 1.54) is 0 Å². The van der Waals surface area contributed by atoms with Crippen LogP contribution in [0.3, 0.4) is 0 Å². The normalized spacial score (nSPS) is 14.6. The van der Waals surface area contributed by atoms with E-state index < -0.39 is 11.4 Å². The van der Waals surface area contributed by atoms with Gasteiger partial charge in [0.15, 0.2) is 0 Å². The van der Waals surface area contributed by atoms with E-state index in [0.29, 0.717) is 13.0 Å². The molecule has 1 aromatic carbocycles. The fourth-order valence-corrected chi connectivity index (χ4v) is 1.84. The Bertz CT molecular complexity index is 362. The number of hydrogen-bond donors (Lipinski definition) is 2. The van der Waals surface area contributed by atoms with Crippen molar-refractivity contribution in [2.75, 3.05) is 6.54 Å². The molecule has 0 aliphatic rings. The topological polar surface area (TPSA) is 63.3 Å². The van der Waals surface area contributed by atoms with Crippen molar-refractivity contribution in [1.29, 1.82) is 0 Å². The van der Waals surface area contributed by atoms with Crippen molar-refractivity contribution in [3.63, 3.8) is 0 Å². The summed E-state index contributed by atoms with van der Waals surface area (Å²) in [6, 6.07) is 7.55. The van der Waals surface area contributed by atoms with Gasteiger partial charge < -0.3 is 10.8 Å². The Morgan fingerprint density at radius 2 is 2.07 bits per heavy atom. The molecule has 3 heteroatoms. The number of hydrogen-bond acceptors (Lipinski definition) is 2. The van der Waals surface area contributed by atoms with E-state index in [2.05, 4.69) is 0 Å². The van der Waals surface area contributed by atoms with Crippen LogP contribution in [0.1, 0.15) is 24.5 Å². The van der Waals surface area contributed by atoms with Gasteiger partial charge in [-0.2, -0.15) is 0 Å². The molecule has 0 aliphatic heterocycles. The molecule has 82 valence electrons. The first-order valence-corrected chi connectivity index (χ1v) is 5.02. The van der Waals surface area contributed by atoms with Gasteiger partial charge in [-0.05, 0) is 37.9 Å². The van der Waals surface area contributed by atoms with Crippen molar-refractivity contribution in [3.05, 3.63) is 35.4 Å². The molecule has 0 aromatic heterocycles. The number of aliphatic carboxylic acids is 1. The molecular weight excluding hydrogens is 190 g/mol. The van der Waals surface area contributed by atoms with Gasteiger partial charge in [0.05, 0.1) is 5.41 Å². The van der Waals surface area contributed by atoms with Crippen LogP contribution in [0, 0.1) is 6.92 Å². The van der Waals surface area contributed by atoms with Crippen LogP contribution in [-0.4, -0.2) is 17.6 Å². The number of rotatable bonds is 4. The Kier molecular flexibility index (Phi) is 3.48. The Morgan fingerprint density at radius 1 is 1.47 bits per heavy atom. The number of carboxylic acids is 1. The van der Waals surface area contributed by atoms with Crippen molar-refractivity contribution < 1.29 is 9.90 Å². The van der Waals surface area contributed by atoms with Crippen molar-refractivity contribution in [3.8, 4) is 0 Å². The van der Waals surface area contributed by atoms with E-state index in [1.54, 1.807) is 6.92 Å². The molecule has 1 aromatic rings. The third-order valence-corrected chi connectivity index (χ3v) is 2.86. The van der Waals surface area contributed by atoms with Crippen LogP contribution in [0.25, 0.3) is 0 Å². The van der Waals surface area contributed by atoms with E-state index in [0.717, 1.165) is 11.1 Å². The first-order valence-electron chi connectivity index (χ1n) is 5.02. The molecule has 0 fully saturated rings. The highest BCUT2D eigenvalue weighted by atomic mass is 16.4. The molecule has 0 saturated carbocycles. The molecule has 0 heterocycles. The third-order valence-electron chi connectivity index (χ3n) is 2.86. The minimum absolute atomic E-state index is 0.372. The summed E-state index contributed by atoms with van der Waals surface area (Å²) < 4.78 is 0. The molecular formula is C12H17NO2. The molecule has 0 bridgehead atoms. The average molecular weight is 207 g/mol. The van der Waals surface area contributed by atoms with E-state index in [1.807, 2.05) is 31.2 Å². The number of aryl methyl sites for hydroxylation is 1. The minimum Gasteiger partial charge on any atom is -0.481 e. The molecule has 1 rings (SSSR count). The molecule has 1 unspecified atom stereocenters. The van der Waals surface area contributed by atoms with E-state index >= 15 is 0 Å². The SMILES string of the molecule is Cc1ccccc1C(C)(CCN)C(=O)O. The number of nitrogens with two attached hydrogens (primary N) is 1. The molecule has 1 atom stereocenters. The lowest BCUT2D eigenvalue weighted by atomic mass is 9.77. The van der Waals surface area contributed by atoms with Crippen molar-refractivity contribution in [2.45, 2.75) is 25.7 Å². The third kappa shape index (κ3) is 2.18. The monoisotopic (exact) mass is 207 g/mol. The standard InChI is InChI=1S/C12H17NO2/c1-9-5-3-4-6-10(9)12(2,7-8-13)11(14)15/h3-6H,7-8,13H2,1-2H3,(H,14,15). The fourth-order valence-electron chi connectivity index (χ4n) is 1.84. The van der Waals surface area contributed by atoms with Gasteiger partial charge in [0.25, 0.3) is 0 Å². The molecule has 0 radical (unpaired) electrons. The predicted octanol–water partition coefficient (Wildman–Crippen LogP) is 1.69. The second kappa shape index (κ2) is 4.45. The summed E-state index contributed by atoms with van der Waals surface area (Å²) in [7, 11) is 0.